The lowest BCUT2D eigenvalue weighted by Gasteiger charge is -2.23. The van der Waals surface area contributed by atoms with Crippen LogP contribution in [-0.2, 0) is 24.0 Å². The van der Waals surface area contributed by atoms with E-state index in [1.807, 2.05) is 5.32 Å². The van der Waals surface area contributed by atoms with Crippen LogP contribution in [0.3, 0.4) is 0 Å². The lowest BCUT2D eigenvalue weighted by atomic mass is 10.1. The van der Waals surface area contributed by atoms with Gasteiger partial charge in [-0.05, 0) is 25.8 Å². The van der Waals surface area contributed by atoms with Crippen LogP contribution in [0.5, 0.6) is 0 Å². The topological polar surface area (TPSA) is 214 Å². The second-order valence-corrected chi connectivity index (χ2v) is 6.27. The maximum absolute atomic E-state index is 12.5. The number of unbranched alkanes of at least 4 members (excludes halogenated alkanes) is 1. The summed E-state index contributed by atoms with van der Waals surface area (Å²) in [6.07, 6.45) is 0.483. The third kappa shape index (κ3) is 10.7. The lowest BCUT2D eigenvalue weighted by Crippen LogP contribution is -2.56. The summed E-state index contributed by atoms with van der Waals surface area (Å²) in [6, 6.07) is -3.55. The number of carbonyl (C=O) groups excluding carboxylic acids is 3. The highest BCUT2D eigenvalue weighted by Crippen LogP contribution is 2.04. The first-order chi connectivity index (χ1) is 13.1. The molecule has 160 valence electrons. The molecule has 0 rings (SSSR count). The summed E-state index contributed by atoms with van der Waals surface area (Å²) in [6.45, 7) is -0.365. The fourth-order valence-corrected chi connectivity index (χ4v) is 2.23. The van der Waals surface area contributed by atoms with E-state index in [1.165, 1.54) is 0 Å². The second-order valence-electron chi connectivity index (χ2n) is 5.91. The molecule has 0 saturated heterocycles. The van der Waals surface area contributed by atoms with Crippen molar-refractivity contribution in [3.8, 4) is 0 Å². The number of thiol groups is 1. The smallest absolute Gasteiger partial charge is 0.322 e. The third-order valence-corrected chi connectivity index (χ3v) is 3.93. The van der Waals surface area contributed by atoms with Crippen molar-refractivity contribution in [3.05, 3.63) is 0 Å². The normalized spacial score (nSPS) is 13.7. The number of carbonyl (C=O) groups is 5. The molecule has 0 bridgehead atoms. The number of nitrogens with two attached hydrogens (primary N) is 2. The molecule has 28 heavy (non-hydrogen) atoms. The summed E-state index contributed by atoms with van der Waals surface area (Å²) in [5, 5.41) is 24.2. The lowest BCUT2D eigenvalue weighted by molar-refractivity contribution is -0.141. The Hall–Kier alpha value is -2.38. The highest BCUT2D eigenvalue weighted by molar-refractivity contribution is 7.80. The first kappa shape index (κ1) is 25.6. The molecule has 0 aliphatic carbocycles. The minimum Gasteiger partial charge on any atom is -0.481 e. The number of carboxylic acid groups (broad SMARTS) is 2. The van der Waals surface area contributed by atoms with Crippen molar-refractivity contribution in [1.29, 1.82) is 0 Å². The molecule has 0 fully saturated rings. The van der Waals surface area contributed by atoms with Crippen LogP contribution in [0.25, 0.3) is 0 Å². The first-order valence-corrected chi connectivity index (χ1v) is 9.14. The van der Waals surface area contributed by atoms with Crippen molar-refractivity contribution >= 4 is 42.3 Å². The van der Waals surface area contributed by atoms with Crippen LogP contribution in [-0.4, -0.2) is 76.8 Å². The predicted molar refractivity (Wildman–Crippen MR) is 101 cm³/mol. The van der Waals surface area contributed by atoms with Crippen LogP contribution in [0.2, 0.25) is 0 Å². The Morgan fingerprint density at radius 3 is 2.00 bits per heavy atom. The summed E-state index contributed by atoms with van der Waals surface area (Å²) < 4.78 is 0. The molecular formula is C15H27N5O7S. The monoisotopic (exact) mass is 421 g/mol. The first-order valence-electron chi connectivity index (χ1n) is 8.50. The van der Waals surface area contributed by atoms with Crippen molar-refractivity contribution in [3.63, 3.8) is 0 Å². The number of aliphatic carboxylic acids is 2. The summed E-state index contributed by atoms with van der Waals surface area (Å²) >= 11 is 3.91. The molecule has 0 radical (unpaired) electrons. The Morgan fingerprint density at radius 1 is 0.893 bits per heavy atom. The predicted octanol–water partition coefficient (Wildman–Crippen LogP) is -2.98. The fraction of sp³-hybridized carbons (Fsp3) is 0.667. The molecule has 0 aromatic carbocycles. The maximum Gasteiger partial charge on any atom is 0.322 e. The molecular weight excluding hydrogens is 394 g/mol. The maximum atomic E-state index is 12.5. The SMILES string of the molecule is NCCCCC(NC(=O)C(N)CS)C(=O)NC(CC(=O)O)C(=O)NCC(=O)O. The van der Waals surface area contributed by atoms with Gasteiger partial charge in [-0.15, -0.1) is 0 Å². The van der Waals surface area contributed by atoms with Crippen molar-refractivity contribution in [2.75, 3.05) is 18.8 Å². The van der Waals surface area contributed by atoms with Gasteiger partial charge in [0.05, 0.1) is 12.5 Å². The summed E-state index contributed by atoms with van der Waals surface area (Å²) in [4.78, 5) is 58.0. The Labute approximate surface area is 167 Å². The van der Waals surface area contributed by atoms with Crippen molar-refractivity contribution in [2.24, 2.45) is 11.5 Å². The van der Waals surface area contributed by atoms with E-state index in [9.17, 15) is 24.0 Å². The van der Waals surface area contributed by atoms with Gasteiger partial charge in [0.1, 0.15) is 18.6 Å². The summed E-state index contributed by atoms with van der Waals surface area (Å²) in [5.74, 6) is -5.07. The van der Waals surface area contributed by atoms with E-state index in [0.717, 1.165) is 0 Å². The standard InChI is InChI=1S/C15H27N5O7S/c16-4-2-1-3-9(19-13(25)8(17)7-28)15(27)20-10(5-11(21)22)14(26)18-6-12(23)24/h8-10,28H,1-7,16-17H2,(H,18,26)(H,19,25)(H,20,27)(H,21,22)(H,23,24). The van der Waals surface area contributed by atoms with Gasteiger partial charge in [0, 0.05) is 5.75 Å². The Balaban J connectivity index is 5.18. The number of rotatable bonds is 14. The van der Waals surface area contributed by atoms with E-state index >= 15 is 0 Å². The van der Waals surface area contributed by atoms with E-state index in [1.54, 1.807) is 0 Å². The molecule has 13 heteroatoms. The number of nitrogens with one attached hydrogen (secondary N) is 3. The molecule has 0 spiro atoms. The van der Waals surface area contributed by atoms with Gasteiger partial charge < -0.3 is 37.6 Å². The number of hydrogen-bond donors (Lipinski definition) is 8. The summed E-state index contributed by atoms with van der Waals surface area (Å²) in [7, 11) is 0. The molecule has 3 amide bonds. The second kappa shape index (κ2) is 13.7. The van der Waals surface area contributed by atoms with E-state index in [0.29, 0.717) is 19.4 Å². The van der Waals surface area contributed by atoms with Crippen LogP contribution < -0.4 is 27.4 Å². The fourth-order valence-electron chi connectivity index (χ4n) is 2.07. The molecule has 3 unspecified atom stereocenters. The third-order valence-electron chi connectivity index (χ3n) is 3.54. The van der Waals surface area contributed by atoms with Crippen LogP contribution in [0.1, 0.15) is 25.7 Å². The number of carboxylic acids is 2. The van der Waals surface area contributed by atoms with E-state index in [4.69, 9.17) is 21.7 Å². The molecule has 12 nitrogen and oxygen atoms in total. The van der Waals surface area contributed by atoms with Crippen LogP contribution in [0.15, 0.2) is 0 Å². The largest absolute Gasteiger partial charge is 0.481 e. The molecule has 3 atom stereocenters. The molecule has 0 aliphatic rings. The van der Waals surface area contributed by atoms with E-state index in [2.05, 4.69) is 23.3 Å². The van der Waals surface area contributed by atoms with Gasteiger partial charge in [-0.2, -0.15) is 12.6 Å². The van der Waals surface area contributed by atoms with Gasteiger partial charge >= 0.3 is 11.9 Å². The Bertz CT molecular complexity index is 575. The summed E-state index contributed by atoms with van der Waals surface area (Å²) in [5.41, 5.74) is 11.0. The van der Waals surface area contributed by atoms with Gasteiger partial charge in [-0.3, -0.25) is 24.0 Å². The van der Waals surface area contributed by atoms with Crippen LogP contribution in [0, 0.1) is 0 Å². The van der Waals surface area contributed by atoms with Crippen molar-refractivity contribution in [2.45, 2.75) is 43.8 Å². The number of amides is 3. The van der Waals surface area contributed by atoms with Gasteiger partial charge in [0.2, 0.25) is 17.7 Å². The zero-order valence-electron chi connectivity index (χ0n) is 15.2. The zero-order valence-corrected chi connectivity index (χ0v) is 16.1. The highest BCUT2D eigenvalue weighted by atomic mass is 32.1. The molecule has 0 heterocycles. The van der Waals surface area contributed by atoms with Crippen LogP contribution >= 0.6 is 12.6 Å². The van der Waals surface area contributed by atoms with Gasteiger partial charge in [0.15, 0.2) is 0 Å². The Morgan fingerprint density at radius 2 is 1.50 bits per heavy atom. The minimum atomic E-state index is -1.52. The Kier molecular flexibility index (Phi) is 12.6. The average Bonchev–Trinajstić information content (AvgIpc) is 2.63. The van der Waals surface area contributed by atoms with E-state index in [-0.39, 0.29) is 12.2 Å². The van der Waals surface area contributed by atoms with E-state index < -0.39 is 60.8 Å². The molecule has 0 aromatic heterocycles. The molecule has 0 saturated carbocycles. The van der Waals surface area contributed by atoms with Crippen LogP contribution in [0.4, 0.5) is 0 Å². The highest BCUT2D eigenvalue weighted by Gasteiger charge is 2.29. The van der Waals surface area contributed by atoms with Crippen molar-refractivity contribution in [1.82, 2.24) is 16.0 Å². The zero-order chi connectivity index (χ0) is 21.7. The average molecular weight is 421 g/mol. The molecule has 9 N–H and O–H groups in total. The van der Waals surface area contributed by atoms with Gasteiger partial charge in [0.25, 0.3) is 0 Å². The van der Waals surface area contributed by atoms with Gasteiger partial charge in [-0.25, -0.2) is 0 Å². The minimum absolute atomic E-state index is 0.0439. The van der Waals surface area contributed by atoms with Crippen molar-refractivity contribution < 1.29 is 34.2 Å². The molecule has 0 aromatic rings. The van der Waals surface area contributed by atoms with Gasteiger partial charge in [-0.1, -0.05) is 0 Å². The number of hydrogen-bond acceptors (Lipinski definition) is 8. The quantitative estimate of drug-likeness (QED) is 0.106. The molecule has 0 aliphatic heterocycles.